The van der Waals surface area contributed by atoms with Gasteiger partial charge in [-0.1, -0.05) is 24.3 Å². The van der Waals surface area contributed by atoms with E-state index in [1.807, 2.05) is 13.0 Å². The molecule has 2 heterocycles. The van der Waals surface area contributed by atoms with E-state index in [0.717, 1.165) is 5.56 Å². The first-order chi connectivity index (χ1) is 15.5. The maximum Gasteiger partial charge on any atom is 0.261 e. The van der Waals surface area contributed by atoms with Crippen molar-refractivity contribution >= 4 is 28.4 Å². The summed E-state index contributed by atoms with van der Waals surface area (Å²) in [5.41, 5.74) is 2.00. The molecule has 0 aliphatic heterocycles. The van der Waals surface area contributed by atoms with Crippen molar-refractivity contribution in [2.24, 2.45) is 0 Å². The number of anilines is 1. The van der Waals surface area contributed by atoms with E-state index in [2.05, 4.69) is 10.3 Å². The quantitative estimate of drug-likeness (QED) is 0.507. The summed E-state index contributed by atoms with van der Waals surface area (Å²) in [5.74, 6) is -0.0671. The standard InChI is InChI=1S/C24H22N4O4/c1-16-7-5-10-19-22(16)26-15-28(24(19)31)14-21(29)27(2)20-11-4-3-9-18(20)23(30)25-13-17-8-6-12-32-17/h3-12,15H,13-14H2,1-2H3,(H,25,30). The van der Waals surface area contributed by atoms with Crippen LogP contribution in [-0.2, 0) is 17.9 Å². The molecule has 0 aliphatic rings. The monoisotopic (exact) mass is 430 g/mol. The summed E-state index contributed by atoms with van der Waals surface area (Å²) >= 11 is 0. The topological polar surface area (TPSA) is 97.4 Å². The second-order valence-corrected chi connectivity index (χ2v) is 7.38. The maximum atomic E-state index is 13.0. The molecule has 1 N–H and O–H groups in total. The number of furan rings is 1. The van der Waals surface area contributed by atoms with Crippen LogP contribution < -0.4 is 15.8 Å². The SMILES string of the molecule is Cc1cccc2c(=O)n(CC(=O)N(C)c3ccccc3C(=O)NCc3ccco3)cnc12. The predicted octanol–water partition coefficient (Wildman–Crippen LogP) is 2.89. The third kappa shape index (κ3) is 4.15. The van der Waals surface area contributed by atoms with E-state index in [9.17, 15) is 14.4 Å². The molecule has 2 aromatic carbocycles. The third-order valence-corrected chi connectivity index (χ3v) is 5.25. The highest BCUT2D eigenvalue weighted by Gasteiger charge is 2.19. The van der Waals surface area contributed by atoms with Gasteiger partial charge in [-0.05, 0) is 42.8 Å². The highest BCUT2D eigenvalue weighted by molar-refractivity contribution is 6.04. The zero-order valence-electron chi connectivity index (χ0n) is 17.7. The molecule has 0 atom stereocenters. The van der Waals surface area contributed by atoms with E-state index in [4.69, 9.17) is 4.42 Å². The fourth-order valence-corrected chi connectivity index (χ4v) is 3.47. The lowest BCUT2D eigenvalue weighted by molar-refractivity contribution is -0.118. The van der Waals surface area contributed by atoms with Gasteiger partial charge in [-0.15, -0.1) is 0 Å². The number of nitrogens with zero attached hydrogens (tertiary/aromatic N) is 3. The number of nitrogens with one attached hydrogen (secondary N) is 1. The van der Waals surface area contributed by atoms with E-state index in [0.29, 0.717) is 27.9 Å². The minimum absolute atomic E-state index is 0.200. The Labute approximate surface area is 184 Å². The minimum atomic E-state index is -0.354. The van der Waals surface area contributed by atoms with Crippen molar-refractivity contribution in [1.82, 2.24) is 14.9 Å². The lowest BCUT2D eigenvalue weighted by Gasteiger charge is -2.21. The number of aryl methyl sites for hydroxylation is 1. The first-order valence-corrected chi connectivity index (χ1v) is 10.1. The number of amides is 2. The van der Waals surface area contributed by atoms with Crippen LogP contribution in [0.2, 0.25) is 0 Å². The lowest BCUT2D eigenvalue weighted by atomic mass is 10.1. The van der Waals surface area contributed by atoms with Crippen molar-refractivity contribution in [2.75, 3.05) is 11.9 Å². The van der Waals surface area contributed by atoms with Crippen LogP contribution in [0.3, 0.4) is 0 Å². The summed E-state index contributed by atoms with van der Waals surface area (Å²) in [5, 5.41) is 3.24. The van der Waals surface area contributed by atoms with Crippen molar-refractivity contribution < 1.29 is 14.0 Å². The van der Waals surface area contributed by atoms with E-state index < -0.39 is 0 Å². The maximum absolute atomic E-state index is 13.0. The van der Waals surface area contributed by atoms with Crippen LogP contribution >= 0.6 is 0 Å². The molecule has 2 aromatic heterocycles. The molecule has 0 saturated carbocycles. The van der Waals surface area contributed by atoms with Gasteiger partial charge in [0.05, 0.1) is 41.3 Å². The fraction of sp³-hybridized carbons (Fsp3) is 0.167. The van der Waals surface area contributed by atoms with Crippen molar-refractivity contribution in [2.45, 2.75) is 20.0 Å². The molecule has 8 nitrogen and oxygen atoms in total. The van der Waals surface area contributed by atoms with E-state index in [1.54, 1.807) is 55.6 Å². The van der Waals surface area contributed by atoms with Gasteiger partial charge >= 0.3 is 0 Å². The molecule has 0 spiro atoms. The molecule has 32 heavy (non-hydrogen) atoms. The lowest BCUT2D eigenvalue weighted by Crippen LogP contribution is -2.35. The predicted molar refractivity (Wildman–Crippen MR) is 120 cm³/mol. The average molecular weight is 430 g/mol. The molecule has 2 amide bonds. The summed E-state index contributed by atoms with van der Waals surface area (Å²) in [6, 6.07) is 15.7. The Bertz CT molecular complexity index is 1340. The fourth-order valence-electron chi connectivity index (χ4n) is 3.47. The van der Waals surface area contributed by atoms with Gasteiger partial charge in [0, 0.05) is 7.05 Å². The van der Waals surface area contributed by atoms with Gasteiger partial charge in [-0.2, -0.15) is 0 Å². The Morgan fingerprint density at radius 1 is 1.09 bits per heavy atom. The first-order valence-electron chi connectivity index (χ1n) is 10.1. The van der Waals surface area contributed by atoms with Crippen molar-refractivity contribution in [3.05, 3.63) is 94.4 Å². The van der Waals surface area contributed by atoms with Gasteiger partial charge in [-0.25, -0.2) is 4.98 Å². The zero-order chi connectivity index (χ0) is 22.7. The number of benzene rings is 2. The minimum Gasteiger partial charge on any atom is -0.467 e. The zero-order valence-corrected chi connectivity index (χ0v) is 17.7. The number of para-hydroxylation sites is 2. The number of hydrogen-bond donors (Lipinski definition) is 1. The normalized spacial score (nSPS) is 10.8. The summed E-state index contributed by atoms with van der Waals surface area (Å²) in [4.78, 5) is 44.2. The van der Waals surface area contributed by atoms with Gasteiger partial charge in [0.15, 0.2) is 0 Å². The molecular formula is C24H22N4O4. The van der Waals surface area contributed by atoms with Crippen LogP contribution in [0.15, 0.2) is 76.4 Å². The van der Waals surface area contributed by atoms with Gasteiger partial charge in [-0.3, -0.25) is 19.0 Å². The Morgan fingerprint density at radius 3 is 2.69 bits per heavy atom. The van der Waals surface area contributed by atoms with Crippen LogP contribution in [0.4, 0.5) is 5.69 Å². The molecule has 8 heteroatoms. The van der Waals surface area contributed by atoms with Gasteiger partial charge in [0.25, 0.3) is 11.5 Å². The van der Waals surface area contributed by atoms with Gasteiger partial charge in [0.1, 0.15) is 12.3 Å². The molecule has 0 radical (unpaired) electrons. The van der Waals surface area contributed by atoms with Crippen molar-refractivity contribution in [1.29, 1.82) is 0 Å². The first kappa shape index (κ1) is 21.0. The molecule has 0 bridgehead atoms. The number of likely N-dealkylation sites (N-methyl/N-ethyl adjacent to an activating group) is 1. The number of fused-ring (bicyclic) bond motifs is 1. The van der Waals surface area contributed by atoms with E-state index in [1.165, 1.54) is 22.1 Å². The van der Waals surface area contributed by atoms with E-state index >= 15 is 0 Å². The van der Waals surface area contributed by atoms with Gasteiger partial charge in [0.2, 0.25) is 5.91 Å². The Morgan fingerprint density at radius 2 is 1.91 bits per heavy atom. The molecule has 4 aromatic rings. The largest absolute Gasteiger partial charge is 0.467 e. The van der Waals surface area contributed by atoms with E-state index in [-0.39, 0.29) is 30.5 Å². The van der Waals surface area contributed by atoms with Crippen LogP contribution in [0.5, 0.6) is 0 Å². The highest BCUT2D eigenvalue weighted by atomic mass is 16.3. The van der Waals surface area contributed by atoms with Crippen LogP contribution in [-0.4, -0.2) is 28.4 Å². The molecule has 0 saturated heterocycles. The summed E-state index contributed by atoms with van der Waals surface area (Å²) in [6.45, 7) is 1.91. The highest BCUT2D eigenvalue weighted by Crippen LogP contribution is 2.20. The smallest absolute Gasteiger partial charge is 0.261 e. The van der Waals surface area contributed by atoms with Crippen LogP contribution in [0, 0.1) is 6.92 Å². The Balaban J connectivity index is 1.55. The van der Waals surface area contributed by atoms with Crippen LogP contribution in [0.25, 0.3) is 10.9 Å². The summed E-state index contributed by atoms with van der Waals surface area (Å²) in [7, 11) is 1.57. The number of carbonyl (C=O) groups is 2. The molecule has 0 unspecified atom stereocenters. The number of carbonyl (C=O) groups excluding carboxylic acids is 2. The molecule has 4 rings (SSSR count). The Hall–Kier alpha value is -4.20. The molecule has 162 valence electrons. The molecular weight excluding hydrogens is 408 g/mol. The second kappa shape index (κ2) is 8.89. The number of rotatable bonds is 6. The van der Waals surface area contributed by atoms with Crippen molar-refractivity contribution in [3.8, 4) is 0 Å². The summed E-state index contributed by atoms with van der Waals surface area (Å²) in [6.07, 6.45) is 2.91. The number of hydrogen-bond acceptors (Lipinski definition) is 5. The van der Waals surface area contributed by atoms with Crippen molar-refractivity contribution in [3.63, 3.8) is 0 Å². The number of aromatic nitrogens is 2. The average Bonchev–Trinajstić information content (AvgIpc) is 3.33. The molecule has 0 fully saturated rings. The third-order valence-electron chi connectivity index (χ3n) is 5.25. The second-order valence-electron chi connectivity index (χ2n) is 7.38. The Kier molecular flexibility index (Phi) is 5.85. The van der Waals surface area contributed by atoms with Crippen LogP contribution in [0.1, 0.15) is 21.7 Å². The van der Waals surface area contributed by atoms with Gasteiger partial charge < -0.3 is 14.6 Å². The molecule has 0 aliphatic carbocycles. The summed E-state index contributed by atoms with van der Waals surface area (Å²) < 4.78 is 6.51.